The van der Waals surface area contributed by atoms with Gasteiger partial charge in [-0.1, -0.05) is 13.8 Å². The lowest BCUT2D eigenvalue weighted by Gasteiger charge is -2.40. The van der Waals surface area contributed by atoms with Gasteiger partial charge < -0.3 is 10.0 Å². The summed E-state index contributed by atoms with van der Waals surface area (Å²) in [7, 11) is 4.27. The Morgan fingerprint density at radius 1 is 1.11 bits per heavy atom. The second-order valence-electron chi connectivity index (χ2n) is 6.92. The largest absolute Gasteiger partial charge is 0.392 e. The van der Waals surface area contributed by atoms with Gasteiger partial charge in [0.25, 0.3) is 0 Å². The van der Waals surface area contributed by atoms with Crippen LogP contribution in [0.1, 0.15) is 39.5 Å². The smallest absolute Gasteiger partial charge is 0.0682 e. The number of hydrogen-bond acceptors (Lipinski definition) is 3. The summed E-state index contributed by atoms with van der Waals surface area (Å²) >= 11 is 0. The van der Waals surface area contributed by atoms with E-state index in [0.717, 1.165) is 31.3 Å². The quantitative estimate of drug-likeness (QED) is 0.832. The van der Waals surface area contributed by atoms with Gasteiger partial charge in [-0.3, -0.25) is 4.90 Å². The van der Waals surface area contributed by atoms with Crippen LogP contribution in [0.5, 0.6) is 0 Å². The standard InChI is InChI=1S/C15H30N2O/c1-11-5-6-13(7-12(11)2)17-10-15(18)8-14(17)9-16(3)4/h11-15,18H,5-10H2,1-4H3. The van der Waals surface area contributed by atoms with Crippen molar-refractivity contribution in [3.63, 3.8) is 0 Å². The normalized spacial score (nSPS) is 42.7. The summed E-state index contributed by atoms with van der Waals surface area (Å²) in [5.41, 5.74) is 0. The van der Waals surface area contributed by atoms with E-state index in [4.69, 9.17) is 0 Å². The molecule has 5 unspecified atom stereocenters. The summed E-state index contributed by atoms with van der Waals surface area (Å²) in [4.78, 5) is 4.86. The number of nitrogens with zero attached hydrogens (tertiary/aromatic N) is 2. The van der Waals surface area contributed by atoms with Crippen LogP contribution in [0.15, 0.2) is 0 Å². The summed E-state index contributed by atoms with van der Waals surface area (Å²) in [6.45, 7) is 6.75. The fraction of sp³-hybridized carbons (Fsp3) is 1.00. The third-order valence-corrected chi connectivity index (χ3v) is 5.05. The lowest BCUT2D eigenvalue weighted by atomic mass is 9.78. The lowest BCUT2D eigenvalue weighted by Crippen LogP contribution is -2.46. The molecule has 2 fully saturated rings. The van der Waals surface area contributed by atoms with Gasteiger partial charge in [0.15, 0.2) is 0 Å². The van der Waals surface area contributed by atoms with Crippen molar-refractivity contribution in [2.75, 3.05) is 27.2 Å². The van der Waals surface area contributed by atoms with Gasteiger partial charge in [0.1, 0.15) is 0 Å². The molecule has 3 heteroatoms. The van der Waals surface area contributed by atoms with Crippen molar-refractivity contribution in [2.45, 2.75) is 57.7 Å². The maximum Gasteiger partial charge on any atom is 0.0682 e. The second-order valence-corrected chi connectivity index (χ2v) is 6.92. The van der Waals surface area contributed by atoms with Crippen LogP contribution in [-0.2, 0) is 0 Å². The zero-order valence-electron chi connectivity index (χ0n) is 12.5. The molecular weight excluding hydrogens is 224 g/mol. The van der Waals surface area contributed by atoms with E-state index in [-0.39, 0.29) is 6.10 Å². The molecule has 106 valence electrons. The summed E-state index contributed by atoms with van der Waals surface area (Å²) in [6, 6.07) is 1.26. The molecule has 0 radical (unpaired) electrons. The SMILES string of the molecule is CC1CCC(N2CC(O)CC2CN(C)C)CC1C. The summed E-state index contributed by atoms with van der Waals surface area (Å²) in [6.07, 6.45) is 4.84. The number of β-amino-alcohol motifs (C(OH)–C–C–N with tert-alkyl or cyclic N) is 1. The average Bonchev–Trinajstić information content (AvgIpc) is 2.62. The molecule has 0 bridgehead atoms. The molecule has 2 aliphatic rings. The minimum Gasteiger partial charge on any atom is -0.392 e. The number of hydrogen-bond donors (Lipinski definition) is 1. The molecule has 0 aromatic rings. The highest BCUT2D eigenvalue weighted by Gasteiger charge is 2.38. The molecule has 1 saturated carbocycles. The minimum absolute atomic E-state index is 0.107. The first-order valence-electron chi connectivity index (χ1n) is 7.56. The van der Waals surface area contributed by atoms with Gasteiger partial charge in [0, 0.05) is 25.2 Å². The Balaban J connectivity index is 1.97. The molecule has 0 aromatic carbocycles. The molecule has 0 spiro atoms. The molecule has 1 saturated heterocycles. The highest BCUT2D eigenvalue weighted by atomic mass is 16.3. The van der Waals surface area contributed by atoms with Gasteiger partial charge in [-0.25, -0.2) is 0 Å². The molecule has 1 heterocycles. The van der Waals surface area contributed by atoms with E-state index in [2.05, 4.69) is 37.7 Å². The first-order chi connectivity index (χ1) is 8.47. The topological polar surface area (TPSA) is 26.7 Å². The first-order valence-corrected chi connectivity index (χ1v) is 7.56. The van der Waals surface area contributed by atoms with Crippen molar-refractivity contribution in [2.24, 2.45) is 11.8 Å². The maximum absolute atomic E-state index is 9.97. The predicted molar refractivity (Wildman–Crippen MR) is 75.6 cm³/mol. The molecule has 3 nitrogen and oxygen atoms in total. The van der Waals surface area contributed by atoms with Gasteiger partial charge in [-0.05, 0) is 51.6 Å². The third-order valence-electron chi connectivity index (χ3n) is 5.05. The third kappa shape index (κ3) is 3.25. The molecular formula is C15H30N2O. The van der Waals surface area contributed by atoms with Gasteiger partial charge in [0.05, 0.1) is 6.10 Å². The van der Waals surface area contributed by atoms with Gasteiger partial charge in [-0.2, -0.15) is 0 Å². The molecule has 1 aliphatic carbocycles. The van der Waals surface area contributed by atoms with E-state index in [1.54, 1.807) is 0 Å². The Kier molecular flexibility index (Phi) is 4.68. The van der Waals surface area contributed by atoms with Crippen LogP contribution in [0, 0.1) is 11.8 Å². The van der Waals surface area contributed by atoms with Crippen LogP contribution >= 0.6 is 0 Å². The molecule has 1 N–H and O–H groups in total. The molecule has 18 heavy (non-hydrogen) atoms. The second kappa shape index (κ2) is 5.89. The summed E-state index contributed by atoms with van der Waals surface area (Å²) in [5, 5.41) is 9.97. The Hall–Kier alpha value is -0.120. The van der Waals surface area contributed by atoms with Gasteiger partial charge >= 0.3 is 0 Å². The lowest BCUT2D eigenvalue weighted by molar-refractivity contribution is 0.0800. The van der Waals surface area contributed by atoms with Crippen LogP contribution in [0.2, 0.25) is 0 Å². The number of likely N-dealkylation sites (tertiary alicyclic amines) is 1. The van der Waals surface area contributed by atoms with Crippen LogP contribution in [0.4, 0.5) is 0 Å². The molecule has 0 amide bonds. The Morgan fingerprint density at radius 2 is 1.83 bits per heavy atom. The molecule has 2 rings (SSSR count). The van der Waals surface area contributed by atoms with E-state index in [9.17, 15) is 5.11 Å². The van der Waals surface area contributed by atoms with Crippen molar-refractivity contribution >= 4 is 0 Å². The molecule has 5 atom stereocenters. The van der Waals surface area contributed by atoms with Crippen LogP contribution < -0.4 is 0 Å². The van der Waals surface area contributed by atoms with Crippen LogP contribution in [0.25, 0.3) is 0 Å². The van der Waals surface area contributed by atoms with Crippen molar-refractivity contribution in [1.82, 2.24) is 9.80 Å². The minimum atomic E-state index is -0.107. The fourth-order valence-corrected chi connectivity index (χ4v) is 3.78. The van der Waals surface area contributed by atoms with Crippen LogP contribution in [0.3, 0.4) is 0 Å². The molecule has 1 aliphatic heterocycles. The fourth-order valence-electron chi connectivity index (χ4n) is 3.78. The number of likely N-dealkylation sites (N-methyl/N-ethyl adjacent to an activating group) is 1. The van der Waals surface area contributed by atoms with E-state index in [1.165, 1.54) is 19.3 Å². The van der Waals surface area contributed by atoms with E-state index >= 15 is 0 Å². The highest BCUT2D eigenvalue weighted by molar-refractivity contribution is 4.93. The van der Waals surface area contributed by atoms with E-state index in [1.807, 2.05) is 0 Å². The van der Waals surface area contributed by atoms with Crippen molar-refractivity contribution < 1.29 is 5.11 Å². The van der Waals surface area contributed by atoms with Crippen molar-refractivity contribution in [3.05, 3.63) is 0 Å². The van der Waals surface area contributed by atoms with E-state index in [0.29, 0.717) is 12.1 Å². The zero-order valence-corrected chi connectivity index (χ0v) is 12.5. The number of rotatable bonds is 3. The number of aliphatic hydroxyl groups excluding tert-OH is 1. The monoisotopic (exact) mass is 254 g/mol. The van der Waals surface area contributed by atoms with Crippen molar-refractivity contribution in [1.29, 1.82) is 0 Å². The Morgan fingerprint density at radius 3 is 2.44 bits per heavy atom. The summed E-state index contributed by atoms with van der Waals surface area (Å²) in [5.74, 6) is 1.71. The maximum atomic E-state index is 9.97. The number of aliphatic hydroxyl groups is 1. The Labute approximate surface area is 112 Å². The Bertz CT molecular complexity index is 269. The van der Waals surface area contributed by atoms with Crippen LogP contribution in [-0.4, -0.2) is 60.3 Å². The summed E-state index contributed by atoms with van der Waals surface area (Å²) < 4.78 is 0. The first kappa shape index (κ1) is 14.3. The molecule has 0 aromatic heterocycles. The van der Waals surface area contributed by atoms with Gasteiger partial charge in [-0.15, -0.1) is 0 Å². The average molecular weight is 254 g/mol. The van der Waals surface area contributed by atoms with Crippen molar-refractivity contribution in [3.8, 4) is 0 Å². The van der Waals surface area contributed by atoms with E-state index < -0.39 is 0 Å². The zero-order chi connectivity index (χ0) is 13.3. The predicted octanol–water partition coefficient (Wildman–Crippen LogP) is 1.81. The highest BCUT2D eigenvalue weighted by Crippen LogP contribution is 2.35. The van der Waals surface area contributed by atoms with Gasteiger partial charge in [0.2, 0.25) is 0 Å².